The lowest BCUT2D eigenvalue weighted by molar-refractivity contribution is -0.384. The fourth-order valence-electron chi connectivity index (χ4n) is 1.35. The van der Waals surface area contributed by atoms with Gasteiger partial charge in [0, 0.05) is 27.2 Å². The van der Waals surface area contributed by atoms with Gasteiger partial charge in [0.2, 0.25) is 11.8 Å². The average Bonchev–Trinajstić information content (AvgIpc) is 2.36. The number of nitrogens with zero attached hydrogens (tertiary/aromatic N) is 4. The van der Waals surface area contributed by atoms with Gasteiger partial charge in [0.15, 0.2) is 0 Å². The van der Waals surface area contributed by atoms with Crippen LogP contribution in [0.1, 0.15) is 6.92 Å². The first-order valence-electron chi connectivity index (χ1n) is 5.55. The fraction of sp³-hybridized carbons (Fsp3) is 0.600. The summed E-state index contributed by atoms with van der Waals surface area (Å²) in [6.07, 6.45) is 1.21. The number of ether oxygens (including phenoxy) is 1. The zero-order valence-electron chi connectivity index (χ0n) is 10.7. The summed E-state index contributed by atoms with van der Waals surface area (Å²) in [5.74, 6) is 0.658. The van der Waals surface area contributed by atoms with Gasteiger partial charge in [-0.25, -0.2) is 4.98 Å². The Kier molecular flexibility index (Phi) is 5.25. The molecule has 0 aromatic carbocycles. The summed E-state index contributed by atoms with van der Waals surface area (Å²) >= 11 is 0. The molecule has 0 saturated carbocycles. The Bertz CT molecular complexity index is 412. The standard InChI is InChI=1S/C10H17N5O3/c1-4-11-10-12-7-8(15(16)17)9(13-10)14(2)5-6-18-3/h7H,4-6H2,1-3H3,(H,11,12,13). The maximum absolute atomic E-state index is 10.9. The number of nitrogens with one attached hydrogen (secondary N) is 1. The number of methoxy groups -OCH3 is 1. The monoisotopic (exact) mass is 255 g/mol. The lowest BCUT2D eigenvalue weighted by Crippen LogP contribution is -2.24. The molecular formula is C10H17N5O3. The van der Waals surface area contributed by atoms with E-state index in [-0.39, 0.29) is 11.5 Å². The predicted molar refractivity (Wildman–Crippen MR) is 68.0 cm³/mol. The van der Waals surface area contributed by atoms with Gasteiger partial charge in [-0.1, -0.05) is 0 Å². The van der Waals surface area contributed by atoms with Crippen LogP contribution in [0.4, 0.5) is 17.5 Å². The van der Waals surface area contributed by atoms with Gasteiger partial charge >= 0.3 is 5.69 Å². The summed E-state index contributed by atoms with van der Waals surface area (Å²) in [5, 5.41) is 13.8. The second-order valence-corrected chi connectivity index (χ2v) is 3.60. The fourth-order valence-corrected chi connectivity index (χ4v) is 1.35. The smallest absolute Gasteiger partial charge is 0.329 e. The van der Waals surface area contributed by atoms with E-state index < -0.39 is 4.92 Å². The summed E-state index contributed by atoms with van der Waals surface area (Å²) in [6.45, 7) is 3.53. The van der Waals surface area contributed by atoms with E-state index in [9.17, 15) is 10.1 Å². The van der Waals surface area contributed by atoms with E-state index >= 15 is 0 Å². The number of hydrogen-bond acceptors (Lipinski definition) is 7. The first-order valence-corrected chi connectivity index (χ1v) is 5.55. The largest absolute Gasteiger partial charge is 0.383 e. The molecule has 0 spiro atoms. The third-order valence-electron chi connectivity index (χ3n) is 2.27. The van der Waals surface area contributed by atoms with Crippen molar-refractivity contribution in [2.24, 2.45) is 0 Å². The summed E-state index contributed by atoms with van der Waals surface area (Å²) in [5.41, 5.74) is -0.116. The highest BCUT2D eigenvalue weighted by Gasteiger charge is 2.20. The van der Waals surface area contributed by atoms with E-state index in [1.165, 1.54) is 6.20 Å². The minimum absolute atomic E-state index is 0.116. The molecule has 0 saturated heterocycles. The molecule has 18 heavy (non-hydrogen) atoms. The highest BCUT2D eigenvalue weighted by molar-refractivity contribution is 5.58. The topological polar surface area (TPSA) is 93.4 Å². The van der Waals surface area contributed by atoms with E-state index in [0.717, 1.165) is 0 Å². The molecule has 100 valence electrons. The Morgan fingerprint density at radius 2 is 2.33 bits per heavy atom. The van der Waals surface area contributed by atoms with Gasteiger partial charge in [-0.05, 0) is 6.92 Å². The van der Waals surface area contributed by atoms with Crippen molar-refractivity contribution in [1.29, 1.82) is 0 Å². The molecule has 0 amide bonds. The maximum atomic E-state index is 10.9. The van der Waals surface area contributed by atoms with Crippen LogP contribution in [0.2, 0.25) is 0 Å². The van der Waals surface area contributed by atoms with Crippen molar-refractivity contribution in [2.75, 3.05) is 44.1 Å². The van der Waals surface area contributed by atoms with Crippen LogP contribution >= 0.6 is 0 Å². The van der Waals surface area contributed by atoms with Crippen molar-refractivity contribution < 1.29 is 9.66 Å². The number of rotatable bonds is 7. The number of anilines is 2. The molecule has 0 unspecified atom stereocenters. The molecule has 1 aromatic rings. The predicted octanol–water partition coefficient (Wildman–Crippen LogP) is 0.899. The second kappa shape index (κ2) is 6.70. The molecular weight excluding hydrogens is 238 g/mol. The van der Waals surface area contributed by atoms with Crippen molar-refractivity contribution in [3.8, 4) is 0 Å². The Labute approximate surface area is 105 Å². The van der Waals surface area contributed by atoms with E-state index in [2.05, 4.69) is 15.3 Å². The molecule has 0 radical (unpaired) electrons. The van der Waals surface area contributed by atoms with Crippen molar-refractivity contribution in [1.82, 2.24) is 9.97 Å². The molecule has 0 bridgehead atoms. The van der Waals surface area contributed by atoms with Crippen molar-refractivity contribution in [3.05, 3.63) is 16.3 Å². The van der Waals surface area contributed by atoms with E-state index in [1.54, 1.807) is 19.1 Å². The van der Waals surface area contributed by atoms with Crippen LogP contribution in [0.5, 0.6) is 0 Å². The van der Waals surface area contributed by atoms with Crippen LogP contribution in [0.25, 0.3) is 0 Å². The van der Waals surface area contributed by atoms with Crippen molar-refractivity contribution in [2.45, 2.75) is 6.92 Å². The Balaban J connectivity index is 3.02. The molecule has 1 heterocycles. The normalized spacial score (nSPS) is 10.2. The molecule has 1 aromatic heterocycles. The quantitative estimate of drug-likeness (QED) is 0.571. The molecule has 1 rings (SSSR count). The van der Waals surface area contributed by atoms with E-state index in [1.807, 2.05) is 6.92 Å². The Morgan fingerprint density at radius 3 is 2.89 bits per heavy atom. The van der Waals surface area contributed by atoms with E-state index in [0.29, 0.717) is 25.6 Å². The molecule has 0 fully saturated rings. The van der Waals surface area contributed by atoms with Crippen LogP contribution in [0, 0.1) is 10.1 Å². The van der Waals surface area contributed by atoms with Gasteiger partial charge in [0.25, 0.3) is 0 Å². The average molecular weight is 255 g/mol. The number of nitro groups is 1. The van der Waals surface area contributed by atoms with Crippen LogP contribution in [-0.2, 0) is 4.74 Å². The third-order valence-corrected chi connectivity index (χ3v) is 2.27. The summed E-state index contributed by atoms with van der Waals surface area (Å²) in [7, 11) is 3.30. The van der Waals surface area contributed by atoms with Crippen LogP contribution in [-0.4, -0.2) is 48.7 Å². The van der Waals surface area contributed by atoms with Crippen LogP contribution in [0.15, 0.2) is 6.20 Å². The second-order valence-electron chi connectivity index (χ2n) is 3.60. The maximum Gasteiger partial charge on any atom is 0.329 e. The van der Waals surface area contributed by atoms with Gasteiger partial charge in [-0.15, -0.1) is 0 Å². The Hall–Kier alpha value is -1.96. The van der Waals surface area contributed by atoms with Crippen molar-refractivity contribution in [3.63, 3.8) is 0 Å². The zero-order chi connectivity index (χ0) is 13.5. The summed E-state index contributed by atoms with van der Waals surface area (Å²) in [4.78, 5) is 20.1. The molecule has 0 aliphatic rings. The molecule has 8 heteroatoms. The number of likely N-dealkylation sites (N-methyl/N-ethyl adjacent to an activating group) is 1. The highest BCUT2D eigenvalue weighted by atomic mass is 16.6. The Morgan fingerprint density at radius 1 is 1.61 bits per heavy atom. The van der Waals surface area contributed by atoms with Gasteiger partial charge in [0.05, 0.1) is 11.5 Å². The lowest BCUT2D eigenvalue weighted by Gasteiger charge is -2.17. The van der Waals surface area contributed by atoms with Crippen molar-refractivity contribution >= 4 is 17.5 Å². The minimum atomic E-state index is -0.492. The SMILES string of the molecule is CCNc1ncc([N+](=O)[O-])c(N(C)CCOC)n1. The highest BCUT2D eigenvalue weighted by Crippen LogP contribution is 2.24. The molecule has 0 atom stereocenters. The molecule has 0 aliphatic carbocycles. The first kappa shape index (κ1) is 14.1. The van der Waals surface area contributed by atoms with Gasteiger partial charge in [-0.2, -0.15) is 4.98 Å². The van der Waals surface area contributed by atoms with Crippen LogP contribution in [0.3, 0.4) is 0 Å². The summed E-state index contributed by atoms with van der Waals surface area (Å²) < 4.78 is 4.94. The molecule has 1 N–H and O–H groups in total. The lowest BCUT2D eigenvalue weighted by atomic mass is 10.4. The number of aromatic nitrogens is 2. The van der Waals surface area contributed by atoms with Gasteiger partial charge in [0.1, 0.15) is 6.20 Å². The summed E-state index contributed by atoms with van der Waals surface area (Å²) in [6, 6.07) is 0. The third kappa shape index (κ3) is 3.52. The zero-order valence-corrected chi connectivity index (χ0v) is 10.7. The van der Waals surface area contributed by atoms with E-state index in [4.69, 9.17) is 4.74 Å². The van der Waals surface area contributed by atoms with Crippen LogP contribution < -0.4 is 10.2 Å². The number of hydrogen-bond donors (Lipinski definition) is 1. The van der Waals surface area contributed by atoms with Gasteiger partial charge < -0.3 is 15.0 Å². The van der Waals surface area contributed by atoms with Gasteiger partial charge in [-0.3, -0.25) is 10.1 Å². The molecule has 0 aliphatic heterocycles. The minimum Gasteiger partial charge on any atom is -0.383 e. The molecule has 8 nitrogen and oxygen atoms in total. The first-order chi connectivity index (χ1) is 8.60.